The molecule has 0 saturated carbocycles. The first-order valence-electron chi connectivity index (χ1n) is 9.77. The number of aromatic nitrogens is 7. The number of benzene rings is 1. The highest BCUT2D eigenvalue weighted by Crippen LogP contribution is 2.35. The lowest BCUT2D eigenvalue weighted by atomic mass is 10.1. The van der Waals surface area contributed by atoms with Crippen LogP contribution < -0.4 is 0 Å². The van der Waals surface area contributed by atoms with Crippen LogP contribution in [0.2, 0.25) is 0 Å². The maximum atomic E-state index is 14.1. The second-order valence-electron chi connectivity index (χ2n) is 7.35. The molecule has 0 aliphatic carbocycles. The van der Waals surface area contributed by atoms with Crippen LogP contribution in [0.5, 0.6) is 0 Å². The van der Waals surface area contributed by atoms with Gasteiger partial charge >= 0.3 is 0 Å². The summed E-state index contributed by atoms with van der Waals surface area (Å²) < 4.78 is 28.9. The summed E-state index contributed by atoms with van der Waals surface area (Å²) in [5, 5.41) is 12.7. The minimum Gasteiger partial charge on any atom is -0.374 e. The lowest BCUT2D eigenvalue weighted by molar-refractivity contribution is 0.125. The molecule has 1 aromatic carbocycles. The van der Waals surface area contributed by atoms with Crippen LogP contribution >= 0.6 is 0 Å². The fourth-order valence-corrected chi connectivity index (χ4v) is 3.53. The van der Waals surface area contributed by atoms with Crippen LogP contribution in [0, 0.1) is 5.82 Å². The Morgan fingerprint density at radius 2 is 2.13 bits per heavy atom. The van der Waals surface area contributed by atoms with Crippen LogP contribution in [0.25, 0.3) is 28.6 Å². The van der Waals surface area contributed by atoms with Crippen molar-refractivity contribution < 1.29 is 13.7 Å². The second kappa shape index (κ2) is 7.13. The van der Waals surface area contributed by atoms with Crippen molar-refractivity contribution in [3.8, 4) is 28.6 Å². The van der Waals surface area contributed by atoms with Crippen molar-refractivity contribution >= 4 is 0 Å². The number of fused-ring (bicyclic) bond motifs is 5. The predicted molar refractivity (Wildman–Crippen MR) is 104 cm³/mol. The lowest BCUT2D eigenvalue weighted by Crippen LogP contribution is -2.09. The van der Waals surface area contributed by atoms with E-state index in [1.165, 1.54) is 12.1 Å². The fraction of sp³-hybridized carbons (Fsp3) is 0.350. The molecule has 0 amide bonds. The van der Waals surface area contributed by atoms with Gasteiger partial charge in [-0.2, -0.15) is 4.98 Å². The number of nitrogens with zero attached hydrogens (tertiary/aromatic N) is 7. The number of rotatable bonds is 5. The maximum Gasteiger partial charge on any atom is 0.229 e. The summed E-state index contributed by atoms with van der Waals surface area (Å²) in [7, 11) is 0. The zero-order valence-corrected chi connectivity index (χ0v) is 16.8. The summed E-state index contributed by atoms with van der Waals surface area (Å²) in [4.78, 5) is 9.05. The molecule has 0 N–H and O–H groups in total. The first-order valence-corrected chi connectivity index (χ1v) is 9.77. The van der Waals surface area contributed by atoms with Crippen LogP contribution in [-0.2, 0) is 17.9 Å². The minimum atomic E-state index is -0.349. The Morgan fingerprint density at radius 3 is 2.90 bits per heavy atom. The van der Waals surface area contributed by atoms with Crippen molar-refractivity contribution in [2.45, 2.75) is 39.8 Å². The van der Waals surface area contributed by atoms with E-state index in [1.807, 2.05) is 29.9 Å². The highest BCUT2D eigenvalue weighted by Gasteiger charge is 2.28. The number of hydrogen-bond acceptors (Lipinski definition) is 7. The number of ether oxygens (including phenoxy) is 1. The molecule has 10 heteroatoms. The van der Waals surface area contributed by atoms with Crippen molar-refractivity contribution in [2.24, 2.45) is 0 Å². The van der Waals surface area contributed by atoms with Gasteiger partial charge in [0.25, 0.3) is 0 Å². The van der Waals surface area contributed by atoms with Gasteiger partial charge in [-0.05, 0) is 25.1 Å². The molecule has 30 heavy (non-hydrogen) atoms. The molecule has 9 nitrogen and oxygen atoms in total. The summed E-state index contributed by atoms with van der Waals surface area (Å²) in [6, 6.07) is 4.59. The molecule has 0 fully saturated rings. The molecule has 5 rings (SSSR count). The zero-order valence-electron chi connectivity index (χ0n) is 16.8. The van der Waals surface area contributed by atoms with Gasteiger partial charge in [0.1, 0.15) is 24.4 Å². The number of hydrogen-bond donors (Lipinski definition) is 0. The molecule has 0 atom stereocenters. The van der Waals surface area contributed by atoms with Gasteiger partial charge in [-0.3, -0.25) is 4.57 Å². The Bertz CT molecular complexity index is 1220. The number of imidazole rings is 1. The summed E-state index contributed by atoms with van der Waals surface area (Å²) in [6.07, 6.45) is 1.69. The van der Waals surface area contributed by atoms with Gasteiger partial charge in [0.2, 0.25) is 11.7 Å². The van der Waals surface area contributed by atoms with E-state index in [4.69, 9.17) is 9.26 Å². The average Bonchev–Trinajstić information content (AvgIpc) is 3.44. The zero-order chi connectivity index (χ0) is 20.8. The van der Waals surface area contributed by atoms with Crippen molar-refractivity contribution in [3.05, 3.63) is 47.8 Å². The summed E-state index contributed by atoms with van der Waals surface area (Å²) in [5.41, 5.74) is 2.82. The molecule has 0 saturated heterocycles. The summed E-state index contributed by atoms with van der Waals surface area (Å²) >= 11 is 0. The van der Waals surface area contributed by atoms with Crippen LogP contribution in [0.4, 0.5) is 4.39 Å². The van der Waals surface area contributed by atoms with E-state index in [1.54, 1.807) is 12.4 Å². The minimum absolute atomic E-state index is 0.110. The molecule has 4 aromatic rings. The Hall–Kier alpha value is -3.40. The van der Waals surface area contributed by atoms with Crippen molar-refractivity contribution in [3.63, 3.8) is 0 Å². The van der Waals surface area contributed by atoms with Gasteiger partial charge in [-0.15, -0.1) is 10.2 Å². The quantitative estimate of drug-likeness (QED) is 0.439. The molecule has 1 aliphatic rings. The van der Waals surface area contributed by atoms with Gasteiger partial charge in [0.15, 0.2) is 11.6 Å². The second-order valence-corrected chi connectivity index (χ2v) is 7.35. The molecule has 3 aromatic heterocycles. The van der Waals surface area contributed by atoms with Crippen LogP contribution in [0.1, 0.15) is 44.1 Å². The molecule has 0 unspecified atom stereocenters. The monoisotopic (exact) mass is 409 g/mol. The van der Waals surface area contributed by atoms with E-state index in [0.717, 1.165) is 11.4 Å². The van der Waals surface area contributed by atoms with Crippen molar-refractivity contribution in [1.29, 1.82) is 0 Å². The Balaban J connectivity index is 1.71. The first kappa shape index (κ1) is 18.6. The van der Waals surface area contributed by atoms with E-state index in [0.29, 0.717) is 54.4 Å². The van der Waals surface area contributed by atoms with E-state index in [9.17, 15) is 4.39 Å². The van der Waals surface area contributed by atoms with Crippen LogP contribution in [0.3, 0.4) is 0 Å². The molecule has 0 bridgehead atoms. The van der Waals surface area contributed by atoms with E-state index >= 15 is 0 Å². The molecule has 154 valence electrons. The highest BCUT2D eigenvalue weighted by molar-refractivity contribution is 5.71. The predicted octanol–water partition coefficient (Wildman–Crippen LogP) is 3.34. The van der Waals surface area contributed by atoms with E-state index < -0.39 is 0 Å². The molecule has 0 spiro atoms. The highest BCUT2D eigenvalue weighted by atomic mass is 19.1. The molecular weight excluding hydrogens is 389 g/mol. The molecule has 1 aliphatic heterocycles. The smallest absolute Gasteiger partial charge is 0.229 e. The fourth-order valence-electron chi connectivity index (χ4n) is 3.53. The Morgan fingerprint density at radius 1 is 1.27 bits per heavy atom. The molecular formula is C20H20FN7O2. The third-order valence-corrected chi connectivity index (χ3v) is 5.04. The normalized spacial score (nSPS) is 12.6. The third kappa shape index (κ3) is 2.91. The van der Waals surface area contributed by atoms with Gasteiger partial charge in [-0.25, -0.2) is 9.37 Å². The third-order valence-electron chi connectivity index (χ3n) is 5.04. The summed E-state index contributed by atoms with van der Waals surface area (Å²) in [6.45, 7) is 7.15. The Kier molecular flexibility index (Phi) is 4.43. The van der Waals surface area contributed by atoms with Crippen molar-refractivity contribution in [1.82, 2.24) is 34.5 Å². The van der Waals surface area contributed by atoms with Crippen LogP contribution in [-0.4, -0.2) is 41.1 Å². The summed E-state index contributed by atoms with van der Waals surface area (Å²) in [5.74, 6) is 1.95. The van der Waals surface area contributed by atoms with E-state index in [2.05, 4.69) is 25.3 Å². The topological polar surface area (TPSA) is 96.7 Å². The molecule has 0 radical (unpaired) electrons. The van der Waals surface area contributed by atoms with Gasteiger partial charge in [0.05, 0.1) is 17.9 Å². The van der Waals surface area contributed by atoms with Gasteiger partial charge in [0, 0.05) is 18.1 Å². The average molecular weight is 409 g/mol. The van der Waals surface area contributed by atoms with Gasteiger partial charge < -0.3 is 13.8 Å². The molecule has 4 heterocycles. The van der Waals surface area contributed by atoms with Gasteiger partial charge in [-0.1, -0.05) is 19.0 Å². The lowest BCUT2D eigenvalue weighted by Gasteiger charge is -2.08. The SMILES string of the molecule is CCOCc1nnc2n1Cc1c(-c3noc(C(C)C)n3)ncn1-c1ccc(F)cc1-2. The standard InChI is InChI=1S/C20H20FN7O2/c1-4-29-9-16-24-25-19-13-7-12(21)5-6-14(13)28-10-22-17(15(28)8-27(16)19)18-23-20(11(2)3)30-26-18/h5-7,10-11H,4,8-9H2,1-3H3. The van der Waals surface area contributed by atoms with E-state index in [-0.39, 0.29) is 11.7 Å². The van der Waals surface area contributed by atoms with Crippen molar-refractivity contribution in [2.75, 3.05) is 6.61 Å². The maximum absolute atomic E-state index is 14.1. The number of halogens is 1. The largest absolute Gasteiger partial charge is 0.374 e. The Labute approximate surface area is 171 Å². The first-order chi connectivity index (χ1) is 14.6. The van der Waals surface area contributed by atoms with Crippen LogP contribution in [0.15, 0.2) is 29.0 Å².